The van der Waals surface area contributed by atoms with E-state index in [1.165, 1.54) is 25.7 Å². The predicted molar refractivity (Wildman–Crippen MR) is 105 cm³/mol. The summed E-state index contributed by atoms with van der Waals surface area (Å²) < 4.78 is 0. The van der Waals surface area contributed by atoms with Crippen LogP contribution in [-0.4, -0.2) is 58.5 Å². The molecule has 148 valence electrons. The van der Waals surface area contributed by atoms with E-state index in [-0.39, 0.29) is 6.03 Å². The number of carbonyl (C=O) groups excluding carboxylic acids is 1. The molecule has 3 fully saturated rings. The van der Waals surface area contributed by atoms with Gasteiger partial charge >= 0.3 is 6.03 Å². The Labute approximate surface area is 161 Å². The van der Waals surface area contributed by atoms with Gasteiger partial charge in [0.05, 0.1) is 6.54 Å². The monoisotopic (exact) mass is 372 g/mol. The molecule has 1 unspecified atom stereocenters. The molecule has 4 rings (SSSR count). The maximum Gasteiger partial charge on any atom is 0.317 e. The lowest BCUT2D eigenvalue weighted by molar-refractivity contribution is 0.188. The summed E-state index contributed by atoms with van der Waals surface area (Å²) >= 11 is 0. The van der Waals surface area contributed by atoms with E-state index in [1.807, 2.05) is 4.90 Å². The Hall–Kier alpha value is -1.89. The molecular weight excluding hydrogens is 340 g/mol. The molecule has 7 nitrogen and oxygen atoms in total. The Kier molecular flexibility index (Phi) is 5.21. The highest BCUT2D eigenvalue weighted by Crippen LogP contribution is 2.60. The Morgan fingerprint density at radius 3 is 2.85 bits per heavy atom. The highest BCUT2D eigenvalue weighted by Gasteiger charge is 2.53. The van der Waals surface area contributed by atoms with Crippen LogP contribution in [0.15, 0.2) is 12.3 Å². The first-order valence-corrected chi connectivity index (χ1v) is 10.4. The zero-order valence-corrected chi connectivity index (χ0v) is 16.4. The van der Waals surface area contributed by atoms with Crippen LogP contribution in [0.4, 0.5) is 10.6 Å². The van der Waals surface area contributed by atoms with Gasteiger partial charge in [0.15, 0.2) is 0 Å². The van der Waals surface area contributed by atoms with Crippen molar-refractivity contribution < 1.29 is 4.79 Å². The molecule has 2 heterocycles. The number of anilines is 1. The van der Waals surface area contributed by atoms with Crippen LogP contribution in [-0.2, 0) is 6.54 Å². The highest BCUT2D eigenvalue weighted by molar-refractivity contribution is 5.74. The second-order valence-corrected chi connectivity index (χ2v) is 8.68. The molecule has 0 aromatic carbocycles. The molecule has 2 amide bonds. The van der Waals surface area contributed by atoms with Gasteiger partial charge in [-0.25, -0.2) is 14.8 Å². The number of hydrogen-bond donors (Lipinski definition) is 2. The van der Waals surface area contributed by atoms with E-state index in [2.05, 4.69) is 27.2 Å². The number of nitrogens with two attached hydrogens (primary N) is 1. The summed E-state index contributed by atoms with van der Waals surface area (Å²) in [5, 5.41) is 3.23. The zero-order chi connectivity index (χ0) is 18.9. The predicted octanol–water partition coefficient (Wildman–Crippen LogP) is 2.24. The van der Waals surface area contributed by atoms with E-state index in [1.54, 1.807) is 12.3 Å². The Bertz CT molecular complexity index is 672. The molecule has 2 aliphatic carbocycles. The van der Waals surface area contributed by atoms with Crippen LogP contribution in [0.1, 0.15) is 50.8 Å². The van der Waals surface area contributed by atoms with Crippen molar-refractivity contribution in [2.75, 3.05) is 32.4 Å². The quantitative estimate of drug-likeness (QED) is 0.800. The van der Waals surface area contributed by atoms with Gasteiger partial charge in [-0.05, 0) is 69.4 Å². The lowest BCUT2D eigenvalue weighted by Gasteiger charge is -2.27. The van der Waals surface area contributed by atoms with Crippen molar-refractivity contribution in [3.8, 4) is 0 Å². The summed E-state index contributed by atoms with van der Waals surface area (Å²) in [7, 11) is 2.11. The molecule has 0 spiro atoms. The van der Waals surface area contributed by atoms with Gasteiger partial charge in [-0.1, -0.05) is 0 Å². The van der Waals surface area contributed by atoms with Gasteiger partial charge in [-0.3, -0.25) is 4.90 Å². The Morgan fingerprint density at radius 1 is 1.33 bits per heavy atom. The van der Waals surface area contributed by atoms with Crippen molar-refractivity contribution in [2.45, 2.75) is 57.5 Å². The van der Waals surface area contributed by atoms with E-state index in [9.17, 15) is 4.79 Å². The summed E-state index contributed by atoms with van der Waals surface area (Å²) in [4.78, 5) is 25.5. The average molecular weight is 373 g/mol. The van der Waals surface area contributed by atoms with Crippen molar-refractivity contribution in [3.63, 3.8) is 0 Å². The maximum atomic E-state index is 12.6. The summed E-state index contributed by atoms with van der Waals surface area (Å²) in [5.41, 5.74) is 6.21. The van der Waals surface area contributed by atoms with Gasteiger partial charge < -0.3 is 16.0 Å². The minimum absolute atomic E-state index is 0.129. The largest absolute Gasteiger partial charge is 0.384 e. The van der Waals surface area contributed by atoms with E-state index in [0.717, 1.165) is 50.6 Å². The molecule has 7 heteroatoms. The summed E-state index contributed by atoms with van der Waals surface area (Å²) in [6, 6.07) is 2.28. The average Bonchev–Trinajstić information content (AvgIpc) is 3.53. The first-order chi connectivity index (χ1) is 13.1. The highest BCUT2D eigenvalue weighted by atomic mass is 16.2. The van der Waals surface area contributed by atoms with Gasteiger partial charge in [0.2, 0.25) is 0 Å². The van der Waals surface area contributed by atoms with Crippen LogP contribution in [0.25, 0.3) is 0 Å². The van der Waals surface area contributed by atoms with Gasteiger partial charge in [0.25, 0.3) is 0 Å². The van der Waals surface area contributed by atoms with E-state index < -0.39 is 0 Å². The molecule has 1 aromatic heterocycles. The number of amides is 2. The fourth-order valence-corrected chi connectivity index (χ4v) is 4.51. The topological polar surface area (TPSA) is 87.4 Å². The van der Waals surface area contributed by atoms with Crippen molar-refractivity contribution in [1.29, 1.82) is 0 Å². The third kappa shape index (κ3) is 4.51. The second-order valence-electron chi connectivity index (χ2n) is 8.68. The fraction of sp³-hybridized carbons (Fsp3) is 0.750. The van der Waals surface area contributed by atoms with Crippen molar-refractivity contribution >= 4 is 11.8 Å². The van der Waals surface area contributed by atoms with Crippen molar-refractivity contribution in [1.82, 2.24) is 25.1 Å². The van der Waals surface area contributed by atoms with E-state index in [4.69, 9.17) is 5.73 Å². The Morgan fingerprint density at radius 2 is 2.15 bits per heavy atom. The molecule has 1 aromatic rings. The number of nitrogens with zero attached hydrogens (tertiary/aromatic N) is 4. The first kappa shape index (κ1) is 18.5. The summed E-state index contributed by atoms with van der Waals surface area (Å²) in [6.07, 6.45) is 10.2. The molecule has 0 bridgehead atoms. The third-order valence-corrected chi connectivity index (χ3v) is 6.65. The molecule has 0 radical (unpaired) electrons. The molecular formula is C20H32N6O. The van der Waals surface area contributed by atoms with Crippen molar-refractivity contribution in [2.24, 2.45) is 11.3 Å². The SMILES string of the molecule is CN(Cc1nccc(N)n1)C1CCCN(C(=O)NCC2(C3CC3)CC2)CC1. The summed E-state index contributed by atoms with van der Waals surface area (Å²) in [5.74, 6) is 2.15. The molecule has 3 N–H and O–H groups in total. The molecule has 2 saturated carbocycles. The molecule has 1 aliphatic heterocycles. The zero-order valence-electron chi connectivity index (χ0n) is 16.4. The van der Waals surface area contributed by atoms with E-state index >= 15 is 0 Å². The lowest BCUT2D eigenvalue weighted by Crippen LogP contribution is -2.43. The normalized spacial score (nSPS) is 24.5. The molecule has 3 aliphatic rings. The minimum atomic E-state index is 0.129. The lowest BCUT2D eigenvalue weighted by atomic mass is 10.0. The van der Waals surface area contributed by atoms with Crippen LogP contribution < -0.4 is 11.1 Å². The van der Waals surface area contributed by atoms with Crippen LogP contribution >= 0.6 is 0 Å². The van der Waals surface area contributed by atoms with Crippen LogP contribution in [0, 0.1) is 11.3 Å². The number of nitrogens with one attached hydrogen (secondary N) is 1. The van der Waals surface area contributed by atoms with Crippen LogP contribution in [0.2, 0.25) is 0 Å². The number of rotatable bonds is 6. The van der Waals surface area contributed by atoms with Crippen LogP contribution in [0.5, 0.6) is 0 Å². The van der Waals surface area contributed by atoms with Gasteiger partial charge in [0, 0.05) is 31.9 Å². The Balaban J connectivity index is 1.25. The van der Waals surface area contributed by atoms with Gasteiger partial charge in [-0.15, -0.1) is 0 Å². The second kappa shape index (κ2) is 7.62. The first-order valence-electron chi connectivity index (χ1n) is 10.4. The number of likely N-dealkylation sites (tertiary alicyclic amines) is 1. The summed E-state index contributed by atoms with van der Waals surface area (Å²) in [6.45, 7) is 3.23. The minimum Gasteiger partial charge on any atom is -0.384 e. The molecule has 1 saturated heterocycles. The molecule has 1 atom stereocenters. The van der Waals surface area contributed by atoms with Gasteiger partial charge in [0.1, 0.15) is 11.6 Å². The van der Waals surface area contributed by atoms with Crippen LogP contribution in [0.3, 0.4) is 0 Å². The standard InChI is InChI=1S/C20H32N6O/c1-25(13-18-22-10-6-17(21)24-18)16-3-2-11-26(12-7-16)19(27)23-14-20(8-9-20)15-4-5-15/h6,10,15-16H,2-5,7-9,11-14H2,1H3,(H,23,27)(H2,21,22,24). The van der Waals surface area contributed by atoms with E-state index in [0.29, 0.717) is 23.8 Å². The number of nitrogen functional groups attached to an aromatic ring is 1. The third-order valence-electron chi connectivity index (χ3n) is 6.65. The smallest absolute Gasteiger partial charge is 0.317 e. The van der Waals surface area contributed by atoms with Crippen molar-refractivity contribution in [3.05, 3.63) is 18.1 Å². The molecule has 27 heavy (non-hydrogen) atoms. The number of hydrogen-bond acceptors (Lipinski definition) is 5. The fourth-order valence-electron chi connectivity index (χ4n) is 4.51. The number of carbonyl (C=O) groups is 1. The maximum absolute atomic E-state index is 12.6. The number of aromatic nitrogens is 2. The van der Waals surface area contributed by atoms with Gasteiger partial charge in [-0.2, -0.15) is 0 Å². The number of urea groups is 1.